The predicted molar refractivity (Wildman–Crippen MR) is 86.2 cm³/mol. The average molecular weight is 271 g/mol. The van der Waals surface area contributed by atoms with Crippen LogP contribution in [0, 0.1) is 0 Å². The molecule has 0 aromatic heterocycles. The second-order valence-electron chi connectivity index (χ2n) is 4.76. The van der Waals surface area contributed by atoms with Gasteiger partial charge in [0.25, 0.3) is 0 Å². The highest BCUT2D eigenvalue weighted by atomic mass is 32.2. The fourth-order valence-corrected chi connectivity index (χ4v) is 2.50. The molecule has 19 heavy (non-hydrogen) atoms. The quantitative estimate of drug-likeness (QED) is 0.741. The second-order valence-corrected chi connectivity index (χ2v) is 5.64. The topological polar surface area (TPSA) is 12.0 Å². The number of rotatable bonds is 6. The molecule has 0 aliphatic carbocycles. The minimum atomic E-state index is 0.596. The van der Waals surface area contributed by atoms with Gasteiger partial charge in [0.05, 0.1) is 0 Å². The van der Waals surface area contributed by atoms with E-state index in [1.165, 1.54) is 16.1 Å². The maximum Gasteiger partial charge on any atom is 0.0340 e. The summed E-state index contributed by atoms with van der Waals surface area (Å²) in [5.41, 5.74) is 2.63. The van der Waals surface area contributed by atoms with Crippen LogP contribution in [0.5, 0.6) is 0 Å². The van der Waals surface area contributed by atoms with Crippen LogP contribution in [0.4, 0.5) is 5.69 Å². The molecule has 100 valence electrons. The van der Waals surface area contributed by atoms with E-state index >= 15 is 0 Å². The molecule has 0 aliphatic heterocycles. The van der Waals surface area contributed by atoms with Gasteiger partial charge in [0.1, 0.15) is 0 Å². The van der Waals surface area contributed by atoms with Crippen molar-refractivity contribution in [1.29, 1.82) is 0 Å². The molecular weight excluding hydrogens is 250 g/mol. The Morgan fingerprint density at radius 1 is 1.00 bits per heavy atom. The SMILES string of the molecule is CSc1ccc(NCCC(C)c2ccccc2)cc1. The van der Waals surface area contributed by atoms with E-state index in [0.717, 1.165) is 13.0 Å². The van der Waals surface area contributed by atoms with E-state index in [4.69, 9.17) is 0 Å². The van der Waals surface area contributed by atoms with Crippen molar-refractivity contribution in [3.8, 4) is 0 Å². The van der Waals surface area contributed by atoms with Gasteiger partial charge in [0.15, 0.2) is 0 Å². The van der Waals surface area contributed by atoms with Gasteiger partial charge < -0.3 is 5.32 Å². The first-order valence-corrected chi connectivity index (χ1v) is 7.95. The molecule has 2 heteroatoms. The van der Waals surface area contributed by atoms with Crippen molar-refractivity contribution in [3.05, 3.63) is 60.2 Å². The Morgan fingerprint density at radius 3 is 2.32 bits per heavy atom. The summed E-state index contributed by atoms with van der Waals surface area (Å²) in [7, 11) is 0. The normalized spacial score (nSPS) is 12.1. The fourth-order valence-electron chi connectivity index (χ4n) is 2.09. The monoisotopic (exact) mass is 271 g/mol. The van der Waals surface area contributed by atoms with Crippen molar-refractivity contribution < 1.29 is 0 Å². The van der Waals surface area contributed by atoms with Gasteiger partial charge in [-0.2, -0.15) is 0 Å². The zero-order valence-corrected chi connectivity index (χ0v) is 12.4. The maximum absolute atomic E-state index is 3.49. The Hall–Kier alpha value is -1.41. The largest absolute Gasteiger partial charge is 0.385 e. The highest BCUT2D eigenvalue weighted by Gasteiger charge is 2.04. The Labute approximate surface area is 120 Å². The van der Waals surface area contributed by atoms with E-state index in [1.807, 2.05) is 0 Å². The van der Waals surface area contributed by atoms with Gasteiger partial charge in [-0.15, -0.1) is 11.8 Å². The van der Waals surface area contributed by atoms with Crippen molar-refractivity contribution in [1.82, 2.24) is 0 Å². The molecule has 0 aliphatic rings. The lowest BCUT2D eigenvalue weighted by atomic mass is 9.98. The maximum atomic E-state index is 3.49. The predicted octanol–water partition coefficient (Wildman–Crippen LogP) is 5.01. The molecule has 0 bridgehead atoms. The van der Waals surface area contributed by atoms with Gasteiger partial charge in [-0.1, -0.05) is 37.3 Å². The van der Waals surface area contributed by atoms with E-state index in [9.17, 15) is 0 Å². The summed E-state index contributed by atoms with van der Waals surface area (Å²) in [5, 5.41) is 3.49. The molecule has 0 heterocycles. The second kappa shape index (κ2) is 7.25. The van der Waals surface area contributed by atoms with Crippen molar-refractivity contribution in [2.24, 2.45) is 0 Å². The summed E-state index contributed by atoms with van der Waals surface area (Å²) in [6.45, 7) is 3.29. The number of nitrogens with one attached hydrogen (secondary N) is 1. The van der Waals surface area contributed by atoms with Crippen LogP contribution in [0.25, 0.3) is 0 Å². The van der Waals surface area contributed by atoms with Crippen LogP contribution < -0.4 is 5.32 Å². The van der Waals surface area contributed by atoms with E-state index in [0.29, 0.717) is 5.92 Å². The first-order chi connectivity index (χ1) is 9.29. The summed E-state index contributed by atoms with van der Waals surface area (Å²) in [5.74, 6) is 0.596. The molecule has 0 saturated carbocycles. The third-order valence-corrected chi connectivity index (χ3v) is 4.11. The van der Waals surface area contributed by atoms with Gasteiger partial charge in [0, 0.05) is 17.1 Å². The lowest BCUT2D eigenvalue weighted by Crippen LogP contribution is -2.05. The first kappa shape index (κ1) is 14.0. The van der Waals surface area contributed by atoms with Crippen molar-refractivity contribution >= 4 is 17.4 Å². The van der Waals surface area contributed by atoms with Crippen LogP contribution in [0.1, 0.15) is 24.8 Å². The Balaban J connectivity index is 1.79. The molecule has 2 rings (SSSR count). The first-order valence-electron chi connectivity index (χ1n) is 6.72. The lowest BCUT2D eigenvalue weighted by Gasteiger charge is -2.13. The van der Waals surface area contributed by atoms with Gasteiger partial charge in [-0.05, 0) is 48.4 Å². The number of benzene rings is 2. The van der Waals surface area contributed by atoms with Crippen LogP contribution in [-0.2, 0) is 0 Å². The molecule has 0 saturated heterocycles. The molecule has 0 radical (unpaired) electrons. The third-order valence-electron chi connectivity index (χ3n) is 3.37. The molecule has 0 fully saturated rings. The number of thioether (sulfide) groups is 1. The van der Waals surface area contributed by atoms with Crippen molar-refractivity contribution in [2.45, 2.75) is 24.2 Å². The van der Waals surface area contributed by atoms with Crippen LogP contribution in [0.15, 0.2) is 59.5 Å². The van der Waals surface area contributed by atoms with Crippen LogP contribution >= 0.6 is 11.8 Å². The zero-order valence-electron chi connectivity index (χ0n) is 11.6. The molecule has 1 atom stereocenters. The van der Waals surface area contributed by atoms with Crippen LogP contribution in [-0.4, -0.2) is 12.8 Å². The number of anilines is 1. The molecule has 1 N–H and O–H groups in total. The molecule has 2 aromatic rings. The summed E-state index contributed by atoms with van der Waals surface area (Å²) in [6, 6.07) is 19.3. The van der Waals surface area contributed by atoms with Gasteiger partial charge in [-0.25, -0.2) is 0 Å². The van der Waals surface area contributed by atoms with Crippen molar-refractivity contribution in [3.63, 3.8) is 0 Å². The van der Waals surface area contributed by atoms with Gasteiger partial charge in [0.2, 0.25) is 0 Å². The summed E-state index contributed by atoms with van der Waals surface area (Å²) < 4.78 is 0. The summed E-state index contributed by atoms with van der Waals surface area (Å²) >= 11 is 1.78. The molecule has 0 spiro atoms. The summed E-state index contributed by atoms with van der Waals surface area (Å²) in [4.78, 5) is 1.31. The lowest BCUT2D eigenvalue weighted by molar-refractivity contribution is 0.706. The van der Waals surface area contributed by atoms with Crippen molar-refractivity contribution in [2.75, 3.05) is 18.1 Å². The minimum Gasteiger partial charge on any atom is -0.385 e. The highest BCUT2D eigenvalue weighted by Crippen LogP contribution is 2.20. The molecule has 0 amide bonds. The van der Waals surface area contributed by atoms with E-state index in [1.54, 1.807) is 11.8 Å². The average Bonchev–Trinajstić information content (AvgIpc) is 2.49. The fraction of sp³-hybridized carbons (Fsp3) is 0.294. The van der Waals surface area contributed by atoms with Crippen LogP contribution in [0.3, 0.4) is 0 Å². The van der Waals surface area contributed by atoms with Gasteiger partial charge >= 0.3 is 0 Å². The Bertz CT molecular complexity index is 478. The molecule has 1 unspecified atom stereocenters. The standard InChI is InChI=1S/C17H21NS/c1-14(15-6-4-3-5-7-15)12-13-18-16-8-10-17(19-2)11-9-16/h3-11,14,18H,12-13H2,1-2H3. The number of hydrogen-bond donors (Lipinski definition) is 1. The molecular formula is C17H21NS. The number of hydrogen-bond acceptors (Lipinski definition) is 2. The van der Waals surface area contributed by atoms with E-state index in [-0.39, 0.29) is 0 Å². The smallest absolute Gasteiger partial charge is 0.0340 e. The van der Waals surface area contributed by atoms with Gasteiger partial charge in [-0.3, -0.25) is 0 Å². The Morgan fingerprint density at radius 2 is 1.68 bits per heavy atom. The van der Waals surface area contributed by atoms with E-state index < -0.39 is 0 Å². The molecule has 2 aromatic carbocycles. The highest BCUT2D eigenvalue weighted by molar-refractivity contribution is 7.98. The minimum absolute atomic E-state index is 0.596. The molecule has 1 nitrogen and oxygen atoms in total. The zero-order chi connectivity index (χ0) is 13.5. The third kappa shape index (κ3) is 4.32. The van der Waals surface area contributed by atoms with E-state index in [2.05, 4.69) is 73.1 Å². The Kier molecular flexibility index (Phi) is 5.34. The van der Waals surface area contributed by atoms with Crippen LogP contribution in [0.2, 0.25) is 0 Å². The summed E-state index contributed by atoms with van der Waals surface area (Å²) in [6.07, 6.45) is 3.25.